The van der Waals surface area contributed by atoms with Crippen molar-refractivity contribution in [2.45, 2.75) is 26.2 Å². The molecule has 0 spiro atoms. The van der Waals surface area contributed by atoms with Gasteiger partial charge in [-0.25, -0.2) is 4.98 Å². The highest BCUT2D eigenvalue weighted by atomic mass is 79.9. The van der Waals surface area contributed by atoms with Crippen molar-refractivity contribution in [1.29, 1.82) is 0 Å². The molecule has 0 aliphatic heterocycles. The maximum Gasteiger partial charge on any atom is 0.225 e. The Balaban J connectivity index is 1.96. The van der Waals surface area contributed by atoms with Gasteiger partial charge in [0.05, 0.1) is 17.6 Å². The number of benzene rings is 1. The number of rotatable bonds is 6. The first-order chi connectivity index (χ1) is 10.2. The van der Waals surface area contributed by atoms with Gasteiger partial charge in [0.2, 0.25) is 5.91 Å². The minimum absolute atomic E-state index is 0.0101. The van der Waals surface area contributed by atoms with Crippen molar-refractivity contribution in [3.8, 4) is 0 Å². The molecule has 2 aromatic rings. The van der Waals surface area contributed by atoms with Gasteiger partial charge >= 0.3 is 0 Å². The van der Waals surface area contributed by atoms with Crippen LogP contribution in [0, 0.1) is 0 Å². The normalized spacial score (nSPS) is 10.2. The van der Waals surface area contributed by atoms with Gasteiger partial charge in [-0.2, -0.15) is 0 Å². The summed E-state index contributed by atoms with van der Waals surface area (Å²) in [4.78, 5) is 15.9. The number of carbonyl (C=O) groups is 1. The summed E-state index contributed by atoms with van der Waals surface area (Å²) in [6.07, 6.45) is 4.15. The summed E-state index contributed by atoms with van der Waals surface area (Å²) in [5.74, 6) is 0.588. The number of amides is 1. The van der Waals surface area contributed by atoms with E-state index in [1.807, 2.05) is 30.3 Å². The van der Waals surface area contributed by atoms with Crippen molar-refractivity contribution in [3.05, 3.63) is 47.1 Å². The standard InChI is InChI=1S/C16H18BrN3O/c1-2-3-8-16(21)20-15-10-9-12(11-18-15)19-14-7-5-4-6-13(14)17/h4-7,9-11,19H,2-3,8H2,1H3,(H,18,20,21). The number of aromatic nitrogens is 1. The van der Waals surface area contributed by atoms with Gasteiger partial charge in [-0.15, -0.1) is 0 Å². The molecule has 1 aromatic heterocycles. The minimum Gasteiger partial charge on any atom is -0.353 e. The maximum absolute atomic E-state index is 11.6. The van der Waals surface area contributed by atoms with Crippen molar-refractivity contribution in [2.24, 2.45) is 0 Å². The lowest BCUT2D eigenvalue weighted by Gasteiger charge is -2.09. The van der Waals surface area contributed by atoms with Crippen LogP contribution in [0.4, 0.5) is 17.2 Å². The van der Waals surface area contributed by atoms with E-state index in [0.717, 1.165) is 28.7 Å². The fraction of sp³-hybridized carbons (Fsp3) is 0.250. The molecule has 0 aliphatic rings. The molecule has 0 unspecified atom stereocenters. The average Bonchev–Trinajstić information content (AvgIpc) is 2.49. The Morgan fingerprint density at radius 3 is 2.71 bits per heavy atom. The topological polar surface area (TPSA) is 54.0 Å². The minimum atomic E-state index is 0.0101. The molecular formula is C16H18BrN3O. The van der Waals surface area contributed by atoms with Gasteiger partial charge in [-0.1, -0.05) is 25.5 Å². The number of carbonyl (C=O) groups excluding carboxylic acids is 1. The average molecular weight is 348 g/mol. The van der Waals surface area contributed by atoms with E-state index in [1.54, 1.807) is 12.3 Å². The van der Waals surface area contributed by atoms with Crippen LogP contribution in [-0.4, -0.2) is 10.9 Å². The van der Waals surface area contributed by atoms with Crippen LogP contribution in [0.5, 0.6) is 0 Å². The predicted molar refractivity (Wildman–Crippen MR) is 89.8 cm³/mol. The molecule has 2 rings (SSSR count). The van der Waals surface area contributed by atoms with Crippen LogP contribution in [-0.2, 0) is 4.79 Å². The molecule has 21 heavy (non-hydrogen) atoms. The number of nitrogens with zero attached hydrogens (tertiary/aromatic N) is 1. The van der Waals surface area contributed by atoms with E-state index < -0.39 is 0 Å². The summed E-state index contributed by atoms with van der Waals surface area (Å²) < 4.78 is 0.988. The van der Waals surface area contributed by atoms with Crippen molar-refractivity contribution >= 4 is 39.0 Å². The molecule has 4 nitrogen and oxygen atoms in total. The highest BCUT2D eigenvalue weighted by Crippen LogP contribution is 2.25. The largest absolute Gasteiger partial charge is 0.353 e. The Kier molecular flexibility index (Phi) is 5.75. The zero-order chi connectivity index (χ0) is 15.1. The number of hydrogen-bond donors (Lipinski definition) is 2. The number of pyridine rings is 1. The van der Waals surface area contributed by atoms with Crippen LogP contribution in [0.3, 0.4) is 0 Å². The number of halogens is 1. The van der Waals surface area contributed by atoms with Gasteiger partial charge in [0, 0.05) is 10.9 Å². The first kappa shape index (κ1) is 15.5. The van der Waals surface area contributed by atoms with Crippen LogP contribution < -0.4 is 10.6 Å². The molecule has 0 saturated carbocycles. The van der Waals surface area contributed by atoms with E-state index in [-0.39, 0.29) is 5.91 Å². The third-order valence-electron chi connectivity index (χ3n) is 2.94. The molecule has 5 heteroatoms. The Bertz CT molecular complexity index is 599. The quantitative estimate of drug-likeness (QED) is 0.794. The van der Waals surface area contributed by atoms with E-state index in [1.165, 1.54) is 0 Å². The van der Waals surface area contributed by atoms with Crippen molar-refractivity contribution in [1.82, 2.24) is 4.98 Å². The highest BCUT2D eigenvalue weighted by molar-refractivity contribution is 9.10. The van der Waals surface area contributed by atoms with Gasteiger partial charge in [-0.05, 0) is 46.6 Å². The predicted octanol–water partition coefficient (Wildman–Crippen LogP) is 4.72. The van der Waals surface area contributed by atoms with Crippen LogP contribution in [0.25, 0.3) is 0 Å². The molecular weight excluding hydrogens is 330 g/mol. The molecule has 1 heterocycles. The number of unbranched alkanes of at least 4 members (excludes halogenated alkanes) is 1. The number of para-hydroxylation sites is 1. The molecule has 0 atom stereocenters. The van der Waals surface area contributed by atoms with Crippen LogP contribution >= 0.6 is 15.9 Å². The van der Waals surface area contributed by atoms with Crippen LogP contribution in [0.15, 0.2) is 47.1 Å². The Labute approximate surface area is 133 Å². The number of anilines is 3. The molecule has 1 amide bonds. The van der Waals surface area contributed by atoms with Crippen LogP contribution in [0.2, 0.25) is 0 Å². The summed E-state index contributed by atoms with van der Waals surface area (Å²) in [7, 11) is 0. The smallest absolute Gasteiger partial charge is 0.225 e. The van der Waals surface area contributed by atoms with Crippen molar-refractivity contribution in [2.75, 3.05) is 10.6 Å². The summed E-state index contributed by atoms with van der Waals surface area (Å²) in [6.45, 7) is 2.06. The van der Waals surface area contributed by atoms with Gasteiger partial charge in [-0.3, -0.25) is 4.79 Å². The molecule has 0 aliphatic carbocycles. The van der Waals surface area contributed by atoms with E-state index in [0.29, 0.717) is 12.2 Å². The summed E-state index contributed by atoms with van der Waals surface area (Å²) in [5, 5.41) is 6.06. The molecule has 0 bridgehead atoms. The molecule has 0 fully saturated rings. The van der Waals surface area contributed by atoms with Gasteiger partial charge in [0.1, 0.15) is 5.82 Å². The second-order valence-corrected chi connectivity index (χ2v) is 5.54. The molecule has 0 saturated heterocycles. The zero-order valence-corrected chi connectivity index (χ0v) is 13.5. The van der Waals surface area contributed by atoms with E-state index >= 15 is 0 Å². The lowest BCUT2D eigenvalue weighted by Crippen LogP contribution is -2.12. The maximum atomic E-state index is 11.6. The molecule has 110 valence electrons. The molecule has 2 N–H and O–H groups in total. The van der Waals surface area contributed by atoms with Crippen molar-refractivity contribution < 1.29 is 4.79 Å². The first-order valence-electron chi connectivity index (χ1n) is 6.96. The highest BCUT2D eigenvalue weighted by Gasteiger charge is 2.03. The number of hydrogen-bond acceptors (Lipinski definition) is 3. The van der Waals surface area contributed by atoms with Crippen molar-refractivity contribution in [3.63, 3.8) is 0 Å². The lowest BCUT2D eigenvalue weighted by atomic mass is 10.2. The van der Waals surface area contributed by atoms with Gasteiger partial charge in [0.15, 0.2) is 0 Å². The van der Waals surface area contributed by atoms with Gasteiger partial charge in [0.25, 0.3) is 0 Å². The lowest BCUT2D eigenvalue weighted by molar-refractivity contribution is -0.116. The van der Waals surface area contributed by atoms with Crippen LogP contribution in [0.1, 0.15) is 26.2 Å². The summed E-state index contributed by atoms with van der Waals surface area (Å²) in [6, 6.07) is 11.6. The Morgan fingerprint density at radius 2 is 2.05 bits per heavy atom. The van der Waals surface area contributed by atoms with E-state index in [4.69, 9.17) is 0 Å². The summed E-state index contributed by atoms with van der Waals surface area (Å²) in [5.41, 5.74) is 1.84. The second kappa shape index (κ2) is 7.78. The Hall–Kier alpha value is -1.88. The monoisotopic (exact) mass is 347 g/mol. The van der Waals surface area contributed by atoms with E-state index in [2.05, 4.69) is 38.5 Å². The SMILES string of the molecule is CCCCC(=O)Nc1ccc(Nc2ccccc2Br)cn1. The zero-order valence-electron chi connectivity index (χ0n) is 11.9. The second-order valence-electron chi connectivity index (χ2n) is 4.69. The fourth-order valence-corrected chi connectivity index (χ4v) is 2.19. The fourth-order valence-electron chi connectivity index (χ4n) is 1.80. The first-order valence-corrected chi connectivity index (χ1v) is 7.76. The molecule has 1 aromatic carbocycles. The van der Waals surface area contributed by atoms with Gasteiger partial charge < -0.3 is 10.6 Å². The third-order valence-corrected chi connectivity index (χ3v) is 3.63. The molecule has 0 radical (unpaired) electrons. The number of nitrogens with one attached hydrogen (secondary N) is 2. The van der Waals surface area contributed by atoms with E-state index in [9.17, 15) is 4.79 Å². The summed E-state index contributed by atoms with van der Waals surface area (Å²) >= 11 is 3.49. The third kappa shape index (κ3) is 4.86. The Morgan fingerprint density at radius 1 is 1.24 bits per heavy atom.